The fourth-order valence-electron chi connectivity index (χ4n) is 1.59. The van der Waals surface area contributed by atoms with E-state index in [0.717, 1.165) is 0 Å². The van der Waals surface area contributed by atoms with Crippen LogP contribution < -0.4 is 16.8 Å². The summed E-state index contributed by atoms with van der Waals surface area (Å²) in [6.45, 7) is 0. The standard InChI is InChI=1S/C13H11BrFN3O/c14-8-1-2-12(11(15)5-8)18-13(19)7-3-9(16)6-10(17)4-7/h1-6H,16-17H2,(H,18,19). The van der Waals surface area contributed by atoms with Crippen LogP contribution in [0.1, 0.15) is 10.4 Å². The van der Waals surface area contributed by atoms with E-state index in [1.807, 2.05) is 0 Å². The zero-order chi connectivity index (χ0) is 14.0. The average Bonchev–Trinajstić information content (AvgIpc) is 2.31. The molecule has 19 heavy (non-hydrogen) atoms. The molecule has 2 aromatic carbocycles. The molecule has 0 aliphatic heterocycles. The molecule has 0 fully saturated rings. The van der Waals surface area contributed by atoms with E-state index in [-0.39, 0.29) is 11.3 Å². The molecular weight excluding hydrogens is 313 g/mol. The van der Waals surface area contributed by atoms with Crippen LogP contribution in [0.2, 0.25) is 0 Å². The van der Waals surface area contributed by atoms with Crippen LogP contribution in [-0.2, 0) is 0 Å². The highest BCUT2D eigenvalue weighted by Gasteiger charge is 2.10. The van der Waals surface area contributed by atoms with Crippen LogP contribution >= 0.6 is 15.9 Å². The molecule has 0 heterocycles. The summed E-state index contributed by atoms with van der Waals surface area (Å²) in [4.78, 5) is 12.0. The predicted octanol–water partition coefficient (Wildman–Crippen LogP) is 3.00. The number of carbonyl (C=O) groups is 1. The lowest BCUT2D eigenvalue weighted by molar-refractivity contribution is 0.102. The van der Waals surface area contributed by atoms with Crippen molar-refractivity contribution >= 4 is 38.9 Å². The summed E-state index contributed by atoms with van der Waals surface area (Å²) >= 11 is 3.14. The number of amides is 1. The van der Waals surface area contributed by atoms with Crippen LogP contribution in [0.5, 0.6) is 0 Å². The number of hydrogen-bond acceptors (Lipinski definition) is 3. The molecule has 4 nitrogen and oxygen atoms in total. The Balaban J connectivity index is 2.25. The number of benzene rings is 2. The minimum Gasteiger partial charge on any atom is -0.399 e. The zero-order valence-electron chi connectivity index (χ0n) is 9.78. The van der Waals surface area contributed by atoms with E-state index < -0.39 is 11.7 Å². The highest BCUT2D eigenvalue weighted by atomic mass is 79.9. The average molecular weight is 324 g/mol. The van der Waals surface area contributed by atoms with Gasteiger partial charge in [0.05, 0.1) is 5.69 Å². The quantitative estimate of drug-likeness (QED) is 0.743. The second-order valence-corrected chi connectivity index (χ2v) is 4.88. The van der Waals surface area contributed by atoms with E-state index in [2.05, 4.69) is 21.2 Å². The molecule has 0 unspecified atom stereocenters. The molecule has 0 atom stereocenters. The van der Waals surface area contributed by atoms with Gasteiger partial charge in [0.2, 0.25) is 0 Å². The second kappa shape index (κ2) is 5.27. The summed E-state index contributed by atoms with van der Waals surface area (Å²) in [7, 11) is 0. The molecule has 5 N–H and O–H groups in total. The maximum Gasteiger partial charge on any atom is 0.255 e. The first-order chi connectivity index (χ1) is 8.95. The Kier molecular flexibility index (Phi) is 3.71. The first kappa shape index (κ1) is 13.4. The molecule has 1 amide bonds. The molecule has 0 bridgehead atoms. The molecule has 2 rings (SSSR count). The van der Waals surface area contributed by atoms with Gasteiger partial charge in [-0.15, -0.1) is 0 Å². The molecule has 0 saturated heterocycles. The smallest absolute Gasteiger partial charge is 0.255 e. The number of carbonyl (C=O) groups excluding carboxylic acids is 1. The largest absolute Gasteiger partial charge is 0.399 e. The number of nitrogens with two attached hydrogens (primary N) is 2. The van der Waals surface area contributed by atoms with E-state index in [4.69, 9.17) is 11.5 Å². The maximum atomic E-state index is 13.6. The minimum atomic E-state index is -0.528. The Bertz CT molecular complexity index is 626. The molecule has 0 spiro atoms. The minimum absolute atomic E-state index is 0.0918. The normalized spacial score (nSPS) is 10.2. The molecule has 6 heteroatoms. The van der Waals surface area contributed by atoms with Gasteiger partial charge in [0, 0.05) is 21.4 Å². The van der Waals surface area contributed by atoms with Gasteiger partial charge in [-0.3, -0.25) is 4.79 Å². The summed E-state index contributed by atoms with van der Waals surface area (Å²) < 4.78 is 14.2. The Morgan fingerprint density at radius 3 is 2.32 bits per heavy atom. The van der Waals surface area contributed by atoms with Crippen LogP contribution in [0.25, 0.3) is 0 Å². The van der Waals surface area contributed by atoms with Gasteiger partial charge in [0.1, 0.15) is 5.82 Å². The van der Waals surface area contributed by atoms with Crippen LogP contribution in [0.3, 0.4) is 0 Å². The number of rotatable bonds is 2. The molecule has 0 aliphatic rings. The number of nitrogen functional groups attached to an aromatic ring is 2. The molecule has 2 aromatic rings. The summed E-state index contributed by atoms with van der Waals surface area (Å²) in [6.07, 6.45) is 0. The number of halogens is 2. The fraction of sp³-hybridized carbons (Fsp3) is 0. The molecule has 0 radical (unpaired) electrons. The Morgan fingerprint density at radius 2 is 1.74 bits per heavy atom. The summed E-state index contributed by atoms with van der Waals surface area (Å²) in [5, 5.41) is 2.46. The van der Waals surface area contributed by atoms with Crippen molar-refractivity contribution < 1.29 is 9.18 Å². The van der Waals surface area contributed by atoms with Crippen LogP contribution in [-0.4, -0.2) is 5.91 Å². The lowest BCUT2D eigenvalue weighted by Crippen LogP contribution is -2.13. The van der Waals surface area contributed by atoms with Gasteiger partial charge in [-0.25, -0.2) is 4.39 Å². The first-order valence-electron chi connectivity index (χ1n) is 5.38. The van der Waals surface area contributed by atoms with Gasteiger partial charge in [-0.2, -0.15) is 0 Å². The maximum absolute atomic E-state index is 13.6. The van der Waals surface area contributed by atoms with Crippen LogP contribution in [0, 0.1) is 5.82 Å². The molecule has 0 saturated carbocycles. The SMILES string of the molecule is Nc1cc(N)cc(C(=O)Nc2ccc(Br)cc2F)c1. The summed E-state index contributed by atoms with van der Waals surface area (Å²) in [5.41, 5.74) is 12.3. The molecule has 0 aromatic heterocycles. The van der Waals surface area contributed by atoms with Gasteiger partial charge >= 0.3 is 0 Å². The van der Waals surface area contributed by atoms with Crippen molar-refractivity contribution in [3.8, 4) is 0 Å². The Labute approximate surface area is 117 Å². The van der Waals surface area contributed by atoms with Crippen molar-refractivity contribution in [2.45, 2.75) is 0 Å². The molecular formula is C13H11BrFN3O. The van der Waals surface area contributed by atoms with Crippen molar-refractivity contribution in [2.24, 2.45) is 0 Å². The van der Waals surface area contributed by atoms with Crippen LogP contribution in [0.4, 0.5) is 21.5 Å². The highest BCUT2D eigenvalue weighted by Crippen LogP contribution is 2.21. The number of hydrogen-bond donors (Lipinski definition) is 3. The monoisotopic (exact) mass is 323 g/mol. The Morgan fingerprint density at radius 1 is 1.11 bits per heavy atom. The van der Waals surface area contributed by atoms with Crippen molar-refractivity contribution in [1.29, 1.82) is 0 Å². The zero-order valence-corrected chi connectivity index (χ0v) is 11.4. The van der Waals surface area contributed by atoms with Crippen molar-refractivity contribution in [2.75, 3.05) is 16.8 Å². The summed E-state index contributed by atoms with van der Waals surface area (Å²) in [6, 6.07) is 8.85. The van der Waals surface area contributed by atoms with Gasteiger partial charge in [-0.05, 0) is 36.4 Å². The van der Waals surface area contributed by atoms with E-state index >= 15 is 0 Å². The van der Waals surface area contributed by atoms with Crippen molar-refractivity contribution in [3.63, 3.8) is 0 Å². The lowest BCUT2D eigenvalue weighted by atomic mass is 10.1. The first-order valence-corrected chi connectivity index (χ1v) is 6.17. The Hall–Kier alpha value is -2.08. The van der Waals surface area contributed by atoms with Crippen LogP contribution in [0.15, 0.2) is 40.9 Å². The highest BCUT2D eigenvalue weighted by molar-refractivity contribution is 9.10. The summed E-state index contributed by atoms with van der Waals surface area (Å²) in [5.74, 6) is -1.00. The third-order valence-corrected chi connectivity index (χ3v) is 2.91. The van der Waals surface area contributed by atoms with E-state index in [1.54, 1.807) is 6.07 Å². The van der Waals surface area contributed by atoms with Crippen molar-refractivity contribution in [3.05, 3.63) is 52.3 Å². The van der Waals surface area contributed by atoms with Gasteiger partial charge in [0.15, 0.2) is 0 Å². The van der Waals surface area contributed by atoms with Crippen molar-refractivity contribution in [1.82, 2.24) is 0 Å². The second-order valence-electron chi connectivity index (χ2n) is 3.97. The van der Waals surface area contributed by atoms with Gasteiger partial charge in [-0.1, -0.05) is 15.9 Å². The number of nitrogens with one attached hydrogen (secondary N) is 1. The molecule has 98 valence electrons. The van der Waals surface area contributed by atoms with Gasteiger partial charge in [0.25, 0.3) is 5.91 Å². The van der Waals surface area contributed by atoms with E-state index in [1.165, 1.54) is 30.3 Å². The third-order valence-electron chi connectivity index (χ3n) is 2.42. The topological polar surface area (TPSA) is 81.1 Å². The number of anilines is 3. The van der Waals surface area contributed by atoms with Gasteiger partial charge < -0.3 is 16.8 Å². The van der Waals surface area contributed by atoms with E-state index in [0.29, 0.717) is 15.8 Å². The lowest BCUT2D eigenvalue weighted by Gasteiger charge is -2.08. The molecule has 0 aliphatic carbocycles. The van der Waals surface area contributed by atoms with E-state index in [9.17, 15) is 9.18 Å². The fourth-order valence-corrected chi connectivity index (χ4v) is 1.93. The predicted molar refractivity (Wildman–Crippen MR) is 77.3 cm³/mol. The third kappa shape index (κ3) is 3.23.